The molecule has 1 fully saturated rings. The van der Waals surface area contributed by atoms with Gasteiger partial charge < -0.3 is 20.4 Å². The Kier molecular flexibility index (Phi) is 4.56. The van der Waals surface area contributed by atoms with Crippen molar-refractivity contribution in [2.75, 3.05) is 30.4 Å². The summed E-state index contributed by atoms with van der Waals surface area (Å²) in [6.07, 6.45) is -0.250. The zero-order chi connectivity index (χ0) is 18.9. The minimum absolute atomic E-state index is 0.0785. The number of fused-ring (bicyclic) bond motifs is 1. The quantitative estimate of drug-likeness (QED) is 0.632. The zero-order valence-corrected chi connectivity index (χ0v) is 14.2. The van der Waals surface area contributed by atoms with Gasteiger partial charge in [0.25, 0.3) is 0 Å². The Morgan fingerprint density at radius 2 is 2.15 bits per heavy atom. The van der Waals surface area contributed by atoms with Gasteiger partial charge in [-0.2, -0.15) is 13.2 Å². The molecule has 0 unspecified atom stereocenters. The van der Waals surface area contributed by atoms with Crippen molar-refractivity contribution in [1.82, 2.24) is 19.9 Å². The number of aromatic nitrogens is 4. The normalized spacial score (nSPS) is 17.4. The van der Waals surface area contributed by atoms with Crippen LogP contribution >= 0.6 is 0 Å². The minimum atomic E-state index is -4.33. The molecule has 0 aromatic carbocycles. The van der Waals surface area contributed by atoms with Crippen LogP contribution in [0.25, 0.3) is 22.3 Å². The van der Waals surface area contributed by atoms with E-state index in [2.05, 4.69) is 30.6 Å². The highest BCUT2D eigenvalue weighted by molar-refractivity contribution is 5.86. The molecule has 4 heterocycles. The molecule has 0 spiro atoms. The third kappa shape index (κ3) is 4.27. The third-order valence-electron chi connectivity index (χ3n) is 4.16. The van der Waals surface area contributed by atoms with Gasteiger partial charge in [-0.1, -0.05) is 0 Å². The minimum Gasteiger partial charge on any atom is -0.379 e. The third-order valence-corrected chi connectivity index (χ3v) is 4.16. The number of aromatic amines is 1. The van der Waals surface area contributed by atoms with E-state index in [1.165, 1.54) is 6.20 Å². The number of nitrogens with zero attached hydrogens (tertiary/aromatic N) is 3. The summed E-state index contributed by atoms with van der Waals surface area (Å²) in [7, 11) is 0. The Bertz CT molecular complexity index is 936. The SMILES string of the molecule is FC(F)(F)CNc1nccc(-c2cc3cnc(N[C@@H]4CCOC4)cc3[nH]2)n1. The highest BCUT2D eigenvalue weighted by atomic mass is 19.4. The van der Waals surface area contributed by atoms with Crippen LogP contribution in [0.5, 0.6) is 0 Å². The number of alkyl halides is 3. The summed E-state index contributed by atoms with van der Waals surface area (Å²) >= 11 is 0. The van der Waals surface area contributed by atoms with Crippen LogP contribution in [-0.4, -0.2) is 51.9 Å². The first-order valence-corrected chi connectivity index (χ1v) is 8.43. The summed E-state index contributed by atoms with van der Waals surface area (Å²) in [4.78, 5) is 15.6. The number of H-pyrrole nitrogens is 1. The van der Waals surface area contributed by atoms with Crippen LogP contribution in [0.2, 0.25) is 0 Å². The van der Waals surface area contributed by atoms with E-state index in [0.29, 0.717) is 18.0 Å². The molecular weight excluding hydrogens is 361 g/mol. The molecule has 1 aliphatic rings. The van der Waals surface area contributed by atoms with Crippen molar-refractivity contribution in [2.24, 2.45) is 0 Å². The fourth-order valence-electron chi connectivity index (χ4n) is 2.87. The second-order valence-corrected chi connectivity index (χ2v) is 6.28. The molecule has 1 atom stereocenters. The number of hydrogen-bond acceptors (Lipinski definition) is 6. The Hall–Kier alpha value is -2.88. The molecule has 0 radical (unpaired) electrons. The van der Waals surface area contributed by atoms with Crippen LogP contribution in [-0.2, 0) is 4.74 Å². The van der Waals surface area contributed by atoms with Gasteiger partial charge in [0, 0.05) is 30.5 Å². The Morgan fingerprint density at radius 1 is 1.26 bits per heavy atom. The Labute approximate surface area is 152 Å². The fraction of sp³-hybridized carbons (Fsp3) is 0.353. The lowest BCUT2D eigenvalue weighted by molar-refractivity contribution is -0.115. The first-order valence-electron chi connectivity index (χ1n) is 8.43. The number of rotatable bonds is 5. The van der Waals surface area contributed by atoms with Gasteiger partial charge in [0.1, 0.15) is 12.4 Å². The molecule has 0 amide bonds. The van der Waals surface area contributed by atoms with E-state index < -0.39 is 12.7 Å². The summed E-state index contributed by atoms with van der Waals surface area (Å²) in [6, 6.07) is 5.61. The highest BCUT2D eigenvalue weighted by Crippen LogP contribution is 2.25. The van der Waals surface area contributed by atoms with Crippen LogP contribution in [0.4, 0.5) is 24.9 Å². The Balaban J connectivity index is 1.54. The number of nitrogens with one attached hydrogen (secondary N) is 3. The van der Waals surface area contributed by atoms with E-state index >= 15 is 0 Å². The predicted octanol–water partition coefficient (Wildman–Crippen LogP) is 3.19. The summed E-state index contributed by atoms with van der Waals surface area (Å²) in [5, 5.41) is 6.38. The van der Waals surface area contributed by atoms with E-state index in [1.54, 1.807) is 12.3 Å². The van der Waals surface area contributed by atoms with Crippen LogP contribution in [0.15, 0.2) is 30.6 Å². The molecule has 27 heavy (non-hydrogen) atoms. The molecule has 1 aliphatic heterocycles. The van der Waals surface area contributed by atoms with E-state index in [4.69, 9.17) is 4.74 Å². The maximum atomic E-state index is 12.3. The molecule has 1 saturated heterocycles. The van der Waals surface area contributed by atoms with Crippen LogP contribution < -0.4 is 10.6 Å². The fourth-order valence-corrected chi connectivity index (χ4v) is 2.87. The number of pyridine rings is 1. The summed E-state index contributed by atoms with van der Waals surface area (Å²) in [5.41, 5.74) is 2.01. The van der Waals surface area contributed by atoms with Gasteiger partial charge in [-0.15, -0.1) is 0 Å². The van der Waals surface area contributed by atoms with Crippen molar-refractivity contribution in [1.29, 1.82) is 0 Å². The summed E-state index contributed by atoms with van der Waals surface area (Å²) in [6.45, 7) is 0.211. The molecule has 4 rings (SSSR count). The zero-order valence-electron chi connectivity index (χ0n) is 14.2. The molecule has 3 N–H and O–H groups in total. The van der Waals surface area contributed by atoms with E-state index in [0.717, 1.165) is 29.7 Å². The van der Waals surface area contributed by atoms with E-state index in [1.807, 2.05) is 12.1 Å². The number of hydrogen-bond donors (Lipinski definition) is 3. The van der Waals surface area contributed by atoms with Gasteiger partial charge in [-0.25, -0.2) is 15.0 Å². The number of halogens is 3. The summed E-state index contributed by atoms with van der Waals surface area (Å²) in [5.74, 6) is 0.659. The Morgan fingerprint density at radius 3 is 2.93 bits per heavy atom. The van der Waals surface area contributed by atoms with Crippen LogP contribution in [0.3, 0.4) is 0 Å². The first-order chi connectivity index (χ1) is 13.0. The second kappa shape index (κ2) is 7.03. The second-order valence-electron chi connectivity index (χ2n) is 6.28. The van der Waals surface area contributed by atoms with E-state index in [-0.39, 0.29) is 12.0 Å². The average Bonchev–Trinajstić information content (AvgIpc) is 3.29. The number of anilines is 2. The van der Waals surface area contributed by atoms with Crippen LogP contribution in [0, 0.1) is 0 Å². The lowest BCUT2D eigenvalue weighted by Gasteiger charge is -2.10. The van der Waals surface area contributed by atoms with Gasteiger partial charge in [0.15, 0.2) is 0 Å². The molecular formula is C17H17F3N6O. The van der Waals surface area contributed by atoms with Gasteiger partial charge in [-0.3, -0.25) is 0 Å². The highest BCUT2D eigenvalue weighted by Gasteiger charge is 2.27. The summed E-state index contributed by atoms with van der Waals surface area (Å²) < 4.78 is 42.4. The first kappa shape index (κ1) is 17.5. The van der Waals surface area contributed by atoms with Crippen molar-refractivity contribution < 1.29 is 17.9 Å². The molecule has 0 aliphatic carbocycles. The largest absolute Gasteiger partial charge is 0.405 e. The van der Waals surface area contributed by atoms with Crippen LogP contribution in [0.1, 0.15) is 6.42 Å². The number of ether oxygens (including phenoxy) is 1. The standard InChI is InChI=1S/C17H17F3N6O/c18-17(19,20)9-23-16-21-3-1-12(26-16)14-5-10-7-22-15(6-13(10)25-14)24-11-2-4-27-8-11/h1,3,5-7,11,25H,2,4,8-9H2,(H,22,24)(H,21,23,26)/t11-/m1/s1. The molecule has 10 heteroatoms. The molecule has 3 aromatic heterocycles. The van der Waals surface area contributed by atoms with Crippen molar-refractivity contribution >= 4 is 22.7 Å². The van der Waals surface area contributed by atoms with Crippen molar-refractivity contribution in [3.63, 3.8) is 0 Å². The van der Waals surface area contributed by atoms with Gasteiger partial charge in [0.05, 0.1) is 29.6 Å². The van der Waals surface area contributed by atoms with Crippen molar-refractivity contribution in [3.8, 4) is 11.4 Å². The van der Waals surface area contributed by atoms with Gasteiger partial charge in [0.2, 0.25) is 5.95 Å². The molecule has 142 valence electrons. The van der Waals surface area contributed by atoms with Gasteiger partial charge in [-0.05, 0) is 18.6 Å². The predicted molar refractivity (Wildman–Crippen MR) is 94.5 cm³/mol. The smallest absolute Gasteiger partial charge is 0.379 e. The molecule has 0 bridgehead atoms. The maximum absolute atomic E-state index is 12.3. The monoisotopic (exact) mass is 378 g/mol. The average molecular weight is 378 g/mol. The molecule has 0 saturated carbocycles. The van der Waals surface area contributed by atoms with Crippen molar-refractivity contribution in [2.45, 2.75) is 18.6 Å². The maximum Gasteiger partial charge on any atom is 0.405 e. The topological polar surface area (TPSA) is 87.8 Å². The van der Waals surface area contributed by atoms with E-state index in [9.17, 15) is 13.2 Å². The van der Waals surface area contributed by atoms with Gasteiger partial charge >= 0.3 is 6.18 Å². The van der Waals surface area contributed by atoms with Crippen molar-refractivity contribution in [3.05, 3.63) is 30.6 Å². The molecule has 7 nitrogen and oxygen atoms in total. The molecule has 3 aromatic rings. The lowest BCUT2D eigenvalue weighted by atomic mass is 10.2. The lowest BCUT2D eigenvalue weighted by Crippen LogP contribution is -2.22.